The molecule has 0 radical (unpaired) electrons. The summed E-state index contributed by atoms with van der Waals surface area (Å²) in [5.74, 6) is 1.79. The number of hydrogen-bond donors (Lipinski definition) is 2. The molecule has 1 rings (SSSR count). The highest BCUT2D eigenvalue weighted by Crippen LogP contribution is 2.23. The molecule has 0 aromatic carbocycles. The fraction of sp³-hybridized carbons (Fsp3) is 0.889. The van der Waals surface area contributed by atoms with E-state index in [0.29, 0.717) is 0 Å². The van der Waals surface area contributed by atoms with Gasteiger partial charge in [-0.2, -0.15) is 0 Å². The molecule has 0 aliphatic carbocycles. The van der Waals surface area contributed by atoms with Crippen LogP contribution in [0, 0.1) is 11.8 Å². The van der Waals surface area contributed by atoms with Gasteiger partial charge in [-0.1, -0.05) is 19.0 Å². The summed E-state index contributed by atoms with van der Waals surface area (Å²) in [4.78, 5) is 1.93. The Morgan fingerprint density at radius 1 is 1.46 bits per heavy atom. The van der Waals surface area contributed by atoms with Gasteiger partial charge in [0.15, 0.2) is 0 Å². The molecule has 3 N–H and O–H groups in total. The third kappa shape index (κ3) is 2.50. The Morgan fingerprint density at radius 2 is 2.00 bits per heavy atom. The van der Waals surface area contributed by atoms with E-state index in [4.69, 9.17) is 10.9 Å². The summed E-state index contributed by atoms with van der Waals surface area (Å²) in [5, 5.41) is 11.5. The Balaban J connectivity index is 2.39. The smallest absolute Gasteiger partial charge is 0.233 e. The van der Waals surface area contributed by atoms with Crippen molar-refractivity contribution >= 4 is 5.96 Å². The fourth-order valence-corrected chi connectivity index (χ4v) is 1.86. The first kappa shape index (κ1) is 10.2. The minimum absolute atomic E-state index is 0.252. The molecule has 0 unspecified atom stereocenters. The van der Waals surface area contributed by atoms with Crippen LogP contribution >= 0.6 is 0 Å². The number of nitrogens with two attached hydrogens (primary N) is 1. The molecule has 1 saturated heterocycles. The zero-order valence-electron chi connectivity index (χ0n) is 8.40. The summed E-state index contributed by atoms with van der Waals surface area (Å²) in [6, 6.07) is 0. The van der Waals surface area contributed by atoms with Crippen molar-refractivity contribution in [2.24, 2.45) is 22.7 Å². The Hall–Kier alpha value is -0.930. The van der Waals surface area contributed by atoms with E-state index in [1.54, 1.807) is 0 Å². The fourth-order valence-electron chi connectivity index (χ4n) is 1.86. The van der Waals surface area contributed by atoms with Gasteiger partial charge in [-0.05, 0) is 24.7 Å². The third-order valence-electron chi connectivity index (χ3n) is 2.91. The van der Waals surface area contributed by atoms with E-state index in [1.807, 2.05) is 4.90 Å². The molecule has 4 heteroatoms. The molecule has 0 aromatic rings. The quantitative estimate of drug-likeness (QED) is 0.278. The van der Waals surface area contributed by atoms with E-state index >= 15 is 0 Å². The van der Waals surface area contributed by atoms with Crippen LogP contribution in [-0.4, -0.2) is 29.2 Å². The summed E-state index contributed by atoms with van der Waals surface area (Å²) in [7, 11) is 0. The SMILES string of the molecule is CC(C)C1CCN(C(N)=NO)CC1. The maximum absolute atomic E-state index is 8.48. The van der Waals surface area contributed by atoms with Gasteiger partial charge in [0, 0.05) is 13.1 Å². The second-order valence-electron chi connectivity index (χ2n) is 4.03. The van der Waals surface area contributed by atoms with Gasteiger partial charge in [0.2, 0.25) is 5.96 Å². The van der Waals surface area contributed by atoms with Crippen LogP contribution in [0.15, 0.2) is 5.16 Å². The van der Waals surface area contributed by atoms with Crippen LogP contribution in [0.25, 0.3) is 0 Å². The monoisotopic (exact) mass is 185 g/mol. The van der Waals surface area contributed by atoms with E-state index in [-0.39, 0.29) is 5.96 Å². The molecule has 4 nitrogen and oxygen atoms in total. The van der Waals surface area contributed by atoms with Gasteiger partial charge in [0.1, 0.15) is 0 Å². The van der Waals surface area contributed by atoms with E-state index in [1.165, 1.54) is 0 Å². The molecule has 1 aliphatic heterocycles. The van der Waals surface area contributed by atoms with Crippen LogP contribution in [0.3, 0.4) is 0 Å². The van der Waals surface area contributed by atoms with Crippen LogP contribution in [0.5, 0.6) is 0 Å². The molecule has 13 heavy (non-hydrogen) atoms. The molecule has 0 bridgehead atoms. The third-order valence-corrected chi connectivity index (χ3v) is 2.91. The average Bonchev–Trinajstić information content (AvgIpc) is 2.17. The Bertz CT molecular complexity index is 183. The van der Waals surface area contributed by atoms with E-state index in [0.717, 1.165) is 37.8 Å². The maximum atomic E-state index is 8.48. The molecular weight excluding hydrogens is 166 g/mol. The standard InChI is InChI=1S/C9H19N3O/c1-7(2)8-3-5-12(6-4-8)9(10)11-13/h7-8,13H,3-6H2,1-2H3,(H2,10,11). The molecule has 1 heterocycles. The lowest BCUT2D eigenvalue weighted by atomic mass is 9.87. The Labute approximate surface area is 79.4 Å². The second kappa shape index (κ2) is 4.35. The summed E-state index contributed by atoms with van der Waals surface area (Å²) in [6.45, 7) is 6.34. The lowest BCUT2D eigenvalue weighted by Crippen LogP contribution is -2.43. The van der Waals surface area contributed by atoms with Crippen molar-refractivity contribution in [3.8, 4) is 0 Å². The van der Waals surface area contributed by atoms with Gasteiger partial charge < -0.3 is 15.8 Å². The van der Waals surface area contributed by atoms with Crippen LogP contribution in [-0.2, 0) is 0 Å². The number of oxime groups is 1. The Morgan fingerprint density at radius 3 is 2.38 bits per heavy atom. The lowest BCUT2D eigenvalue weighted by Gasteiger charge is -2.33. The molecule has 0 amide bonds. The predicted molar refractivity (Wildman–Crippen MR) is 52.5 cm³/mol. The van der Waals surface area contributed by atoms with Crippen LogP contribution in [0.4, 0.5) is 0 Å². The number of guanidine groups is 1. The van der Waals surface area contributed by atoms with Gasteiger partial charge in [0.05, 0.1) is 0 Å². The number of nitrogens with zero attached hydrogens (tertiary/aromatic N) is 2. The molecule has 0 spiro atoms. The van der Waals surface area contributed by atoms with Crippen molar-refractivity contribution in [3.05, 3.63) is 0 Å². The van der Waals surface area contributed by atoms with Crippen molar-refractivity contribution in [1.29, 1.82) is 0 Å². The minimum Gasteiger partial charge on any atom is -0.408 e. The highest BCUT2D eigenvalue weighted by molar-refractivity contribution is 5.77. The summed E-state index contributed by atoms with van der Waals surface area (Å²) in [5.41, 5.74) is 5.50. The topological polar surface area (TPSA) is 61.8 Å². The van der Waals surface area contributed by atoms with Gasteiger partial charge in [-0.3, -0.25) is 0 Å². The largest absolute Gasteiger partial charge is 0.408 e. The number of rotatable bonds is 1. The molecule has 1 fully saturated rings. The highest BCUT2D eigenvalue weighted by Gasteiger charge is 2.22. The predicted octanol–water partition coefficient (Wildman–Crippen LogP) is 1.06. The van der Waals surface area contributed by atoms with Crippen molar-refractivity contribution in [1.82, 2.24) is 4.90 Å². The first-order valence-corrected chi connectivity index (χ1v) is 4.87. The van der Waals surface area contributed by atoms with Gasteiger partial charge in [-0.15, -0.1) is 0 Å². The summed E-state index contributed by atoms with van der Waals surface area (Å²) < 4.78 is 0. The van der Waals surface area contributed by atoms with Crippen LogP contribution in [0.2, 0.25) is 0 Å². The molecular formula is C9H19N3O. The first-order valence-electron chi connectivity index (χ1n) is 4.87. The minimum atomic E-state index is 0.252. The maximum Gasteiger partial charge on any atom is 0.233 e. The molecule has 0 aromatic heterocycles. The van der Waals surface area contributed by atoms with Crippen molar-refractivity contribution < 1.29 is 5.21 Å². The lowest BCUT2D eigenvalue weighted by molar-refractivity contribution is 0.210. The van der Waals surface area contributed by atoms with Crippen molar-refractivity contribution in [3.63, 3.8) is 0 Å². The van der Waals surface area contributed by atoms with E-state index in [2.05, 4.69) is 19.0 Å². The van der Waals surface area contributed by atoms with Gasteiger partial charge in [0.25, 0.3) is 0 Å². The van der Waals surface area contributed by atoms with Crippen molar-refractivity contribution in [2.75, 3.05) is 13.1 Å². The normalized spacial score (nSPS) is 21.2. The number of piperidine rings is 1. The first-order chi connectivity index (χ1) is 6.15. The zero-order valence-corrected chi connectivity index (χ0v) is 8.40. The van der Waals surface area contributed by atoms with Crippen LogP contribution in [0.1, 0.15) is 26.7 Å². The molecule has 76 valence electrons. The zero-order chi connectivity index (χ0) is 9.84. The molecule has 1 aliphatic rings. The van der Waals surface area contributed by atoms with Gasteiger partial charge >= 0.3 is 0 Å². The summed E-state index contributed by atoms with van der Waals surface area (Å²) in [6.07, 6.45) is 2.29. The number of likely N-dealkylation sites (tertiary alicyclic amines) is 1. The average molecular weight is 185 g/mol. The summed E-state index contributed by atoms with van der Waals surface area (Å²) >= 11 is 0. The molecule has 0 saturated carbocycles. The molecule has 0 atom stereocenters. The van der Waals surface area contributed by atoms with Crippen LogP contribution < -0.4 is 5.73 Å². The van der Waals surface area contributed by atoms with Gasteiger partial charge in [-0.25, -0.2) is 0 Å². The second-order valence-corrected chi connectivity index (χ2v) is 4.03. The van der Waals surface area contributed by atoms with E-state index < -0.39 is 0 Å². The van der Waals surface area contributed by atoms with Crippen molar-refractivity contribution in [2.45, 2.75) is 26.7 Å². The van der Waals surface area contributed by atoms with E-state index in [9.17, 15) is 0 Å². The number of hydrogen-bond acceptors (Lipinski definition) is 2. The highest BCUT2D eigenvalue weighted by atomic mass is 16.4. The Kier molecular flexibility index (Phi) is 3.39.